The summed E-state index contributed by atoms with van der Waals surface area (Å²) in [6.07, 6.45) is -15.6. The van der Waals surface area contributed by atoms with Crippen molar-refractivity contribution in [1.29, 1.82) is 0 Å². The number of fused-ring (bicyclic) bond motifs is 1. The van der Waals surface area contributed by atoms with Gasteiger partial charge in [0.15, 0.2) is 23.0 Å². The molecule has 0 radical (unpaired) electrons. The van der Waals surface area contributed by atoms with E-state index in [4.69, 9.17) is 37.9 Å². The summed E-state index contributed by atoms with van der Waals surface area (Å²) in [5.41, 5.74) is 1.59. The summed E-state index contributed by atoms with van der Waals surface area (Å²) >= 11 is 0. The molecule has 5 rings (SSSR count). The zero-order valence-corrected chi connectivity index (χ0v) is 29.0. The largest absolute Gasteiger partial charge is 0.493 e. The Morgan fingerprint density at radius 3 is 1.46 bits per heavy atom. The van der Waals surface area contributed by atoms with Gasteiger partial charge in [0.2, 0.25) is 24.1 Å². The van der Waals surface area contributed by atoms with Crippen molar-refractivity contribution in [2.24, 2.45) is 11.8 Å². The highest BCUT2D eigenvalue weighted by Crippen LogP contribution is 2.55. The monoisotopic (exact) mass is 744 g/mol. The second-order valence-electron chi connectivity index (χ2n) is 12.9. The van der Waals surface area contributed by atoms with Crippen LogP contribution in [0.4, 0.5) is 0 Å². The molecule has 0 amide bonds. The second-order valence-corrected chi connectivity index (χ2v) is 12.9. The van der Waals surface area contributed by atoms with E-state index in [1.165, 1.54) is 28.4 Å². The van der Waals surface area contributed by atoms with Gasteiger partial charge in [-0.15, -0.1) is 0 Å². The minimum atomic E-state index is -1.76. The van der Waals surface area contributed by atoms with Gasteiger partial charge in [-0.1, -0.05) is 0 Å². The van der Waals surface area contributed by atoms with Crippen LogP contribution in [0.1, 0.15) is 22.6 Å². The fraction of sp³-hybridized carbons (Fsp3) is 0.647. The molecule has 52 heavy (non-hydrogen) atoms. The van der Waals surface area contributed by atoms with Crippen molar-refractivity contribution in [3.8, 4) is 34.5 Å². The van der Waals surface area contributed by atoms with Gasteiger partial charge in [0.05, 0.1) is 41.7 Å². The topological polar surface area (TPSA) is 276 Å². The molecule has 1 aliphatic carbocycles. The van der Waals surface area contributed by atoms with Gasteiger partial charge in [-0.25, -0.2) is 0 Å². The molecule has 2 aliphatic heterocycles. The lowest BCUT2D eigenvalue weighted by molar-refractivity contribution is -0.277. The van der Waals surface area contributed by atoms with Gasteiger partial charge < -0.3 is 89.0 Å². The maximum Gasteiger partial charge on any atom is 0.229 e. The molecule has 0 aromatic heterocycles. The molecule has 2 aromatic rings. The first-order valence-electron chi connectivity index (χ1n) is 16.6. The third-order valence-electron chi connectivity index (χ3n) is 10.0. The first-order chi connectivity index (χ1) is 24.9. The lowest BCUT2D eigenvalue weighted by Crippen LogP contribution is -2.60. The molecule has 292 valence electrons. The molecule has 3 aliphatic rings. The Hall–Kier alpha value is -3.24. The Morgan fingerprint density at radius 1 is 0.558 bits per heavy atom. The molecule has 10 N–H and O–H groups in total. The van der Waals surface area contributed by atoms with Crippen LogP contribution in [-0.2, 0) is 15.9 Å². The molecule has 13 unspecified atom stereocenters. The molecule has 2 fully saturated rings. The molecule has 0 spiro atoms. The number of hydrogen-bond donors (Lipinski definition) is 10. The summed E-state index contributed by atoms with van der Waals surface area (Å²) < 4.78 is 46.1. The van der Waals surface area contributed by atoms with Gasteiger partial charge in [-0.2, -0.15) is 0 Å². The van der Waals surface area contributed by atoms with E-state index in [9.17, 15) is 51.1 Å². The zero-order chi connectivity index (χ0) is 38.0. The Kier molecular flexibility index (Phi) is 12.9. The zero-order valence-electron chi connectivity index (χ0n) is 29.0. The van der Waals surface area contributed by atoms with Crippen molar-refractivity contribution in [2.75, 3.05) is 54.9 Å². The minimum absolute atomic E-state index is 0.0564. The van der Waals surface area contributed by atoms with Crippen molar-refractivity contribution in [3.63, 3.8) is 0 Å². The quantitative estimate of drug-likeness (QED) is 0.0978. The highest BCUT2D eigenvalue weighted by atomic mass is 16.7. The van der Waals surface area contributed by atoms with Crippen molar-refractivity contribution < 1.29 is 89.0 Å². The van der Waals surface area contributed by atoms with Crippen LogP contribution in [0.2, 0.25) is 0 Å². The van der Waals surface area contributed by atoms with Gasteiger partial charge in [0, 0.05) is 24.7 Å². The maximum absolute atomic E-state index is 10.8. The van der Waals surface area contributed by atoms with Crippen molar-refractivity contribution in [3.05, 3.63) is 34.9 Å². The van der Waals surface area contributed by atoms with Gasteiger partial charge in [0.1, 0.15) is 48.8 Å². The Morgan fingerprint density at radius 2 is 1.04 bits per heavy atom. The molecule has 18 nitrogen and oxygen atoms in total. The predicted octanol–water partition coefficient (Wildman–Crippen LogP) is -3.02. The molecule has 0 saturated carbocycles. The number of aliphatic hydroxyl groups is 10. The Labute approximate surface area is 298 Å². The van der Waals surface area contributed by atoms with Crippen molar-refractivity contribution in [2.45, 2.75) is 73.8 Å². The number of methoxy groups -OCH3 is 4. The summed E-state index contributed by atoms with van der Waals surface area (Å²) in [4.78, 5) is 0. The Balaban J connectivity index is 1.64. The third-order valence-corrected chi connectivity index (χ3v) is 10.0. The van der Waals surface area contributed by atoms with Crippen molar-refractivity contribution >= 4 is 0 Å². The van der Waals surface area contributed by atoms with E-state index in [-0.39, 0.29) is 47.5 Å². The van der Waals surface area contributed by atoms with Crippen LogP contribution in [0.3, 0.4) is 0 Å². The van der Waals surface area contributed by atoms with E-state index in [0.717, 1.165) is 0 Å². The first-order valence-corrected chi connectivity index (χ1v) is 16.6. The molecule has 2 heterocycles. The molecule has 2 saturated heterocycles. The number of benzene rings is 2. The Bertz CT molecular complexity index is 1480. The van der Waals surface area contributed by atoms with Gasteiger partial charge >= 0.3 is 0 Å². The van der Waals surface area contributed by atoms with Crippen LogP contribution in [0.5, 0.6) is 34.5 Å². The fourth-order valence-corrected chi connectivity index (χ4v) is 7.20. The molecule has 0 bridgehead atoms. The molecule has 18 heteroatoms. The predicted molar refractivity (Wildman–Crippen MR) is 175 cm³/mol. The van der Waals surface area contributed by atoms with E-state index in [2.05, 4.69) is 0 Å². The summed E-state index contributed by atoms with van der Waals surface area (Å²) in [6, 6.07) is 4.78. The molecular weight excluding hydrogens is 696 g/mol. The van der Waals surface area contributed by atoms with E-state index in [1.54, 1.807) is 18.2 Å². The summed E-state index contributed by atoms with van der Waals surface area (Å²) in [5, 5.41) is 103. The van der Waals surface area contributed by atoms with E-state index < -0.39 is 99.0 Å². The van der Waals surface area contributed by atoms with Gasteiger partial charge in [0.25, 0.3) is 0 Å². The lowest BCUT2D eigenvalue weighted by atomic mass is 9.66. The maximum atomic E-state index is 10.8. The van der Waals surface area contributed by atoms with E-state index >= 15 is 0 Å². The number of rotatable bonds is 13. The average molecular weight is 745 g/mol. The van der Waals surface area contributed by atoms with E-state index in [1.807, 2.05) is 0 Å². The van der Waals surface area contributed by atoms with Crippen molar-refractivity contribution in [1.82, 2.24) is 0 Å². The van der Waals surface area contributed by atoms with Crippen LogP contribution in [-0.4, -0.2) is 167 Å². The van der Waals surface area contributed by atoms with Crippen LogP contribution in [0.15, 0.2) is 18.2 Å². The molecular formula is C34H48O18. The fourth-order valence-electron chi connectivity index (χ4n) is 7.20. The average Bonchev–Trinajstić information content (AvgIpc) is 3.16. The lowest BCUT2D eigenvalue weighted by Gasteiger charge is -2.42. The molecule has 13 atom stereocenters. The summed E-state index contributed by atoms with van der Waals surface area (Å²) in [5.74, 6) is -1.72. The molecule has 2 aromatic carbocycles. The first kappa shape index (κ1) is 40.0. The SMILES string of the molecule is COc1cc(C2c3c(cc(OC)c(OC4OC(CO)C(O)C(O)C4O)c3OC)CC(CO)C2CO)cc(OC)c1OC1OC(CO)C(O)C(O)C1O. The van der Waals surface area contributed by atoms with Crippen LogP contribution in [0.25, 0.3) is 0 Å². The van der Waals surface area contributed by atoms with Crippen LogP contribution < -0.4 is 28.4 Å². The normalized spacial score (nSPS) is 34.6. The van der Waals surface area contributed by atoms with Crippen LogP contribution in [0, 0.1) is 11.8 Å². The number of ether oxygens (including phenoxy) is 8. The third kappa shape index (κ3) is 7.18. The van der Waals surface area contributed by atoms with E-state index in [0.29, 0.717) is 16.7 Å². The summed E-state index contributed by atoms with van der Waals surface area (Å²) in [6.45, 7) is -2.07. The smallest absolute Gasteiger partial charge is 0.229 e. The highest BCUT2D eigenvalue weighted by Gasteiger charge is 2.48. The van der Waals surface area contributed by atoms with Gasteiger partial charge in [-0.05, 0) is 47.6 Å². The second kappa shape index (κ2) is 16.8. The number of aliphatic hydroxyl groups excluding tert-OH is 10. The minimum Gasteiger partial charge on any atom is -0.493 e. The van der Waals surface area contributed by atoms with Crippen LogP contribution >= 0.6 is 0 Å². The summed E-state index contributed by atoms with van der Waals surface area (Å²) in [7, 11) is 5.40. The number of hydrogen-bond acceptors (Lipinski definition) is 18. The van der Waals surface area contributed by atoms with Gasteiger partial charge in [-0.3, -0.25) is 0 Å². The standard InChI is InChI=1S/C34H48O18/c1-45-17-7-14(8-18(46-2)30(17)51-33-28(43)26(41)24(39)20(11-37)49-33)22-16(10-36)15(9-35)5-13-6-19(47-3)31(32(48-4)23(13)22)52-34-29(44)27(42)25(40)21(12-38)50-34/h6-8,15-16,20-22,24-29,33-44H,5,9-12H2,1-4H3. The highest BCUT2D eigenvalue weighted by molar-refractivity contribution is 5.65.